The van der Waals surface area contributed by atoms with Crippen LogP contribution < -0.4 is 0 Å². The summed E-state index contributed by atoms with van der Waals surface area (Å²) in [5, 5.41) is 27.7. The van der Waals surface area contributed by atoms with Gasteiger partial charge in [0.05, 0.1) is 12.2 Å². The topological polar surface area (TPSA) is 97.6 Å². The summed E-state index contributed by atoms with van der Waals surface area (Å²) < 4.78 is 59.5. The summed E-state index contributed by atoms with van der Waals surface area (Å²) in [6.07, 6.45) is -5.53. The van der Waals surface area contributed by atoms with Crippen LogP contribution in [-0.4, -0.2) is 82.7 Å². The first-order valence-corrected chi connectivity index (χ1v) is 9.04. The Morgan fingerprint density at radius 1 is 0.963 bits per heavy atom. The van der Waals surface area contributed by atoms with Crippen LogP contribution in [0.5, 0.6) is 0 Å². The fourth-order valence-corrected chi connectivity index (χ4v) is 3.62. The zero-order valence-corrected chi connectivity index (χ0v) is 15.9. The highest BCUT2D eigenvalue weighted by molar-refractivity contribution is 5.06. The molecule has 0 aromatic rings. The van der Waals surface area contributed by atoms with Crippen molar-refractivity contribution in [3.8, 4) is 0 Å². The van der Waals surface area contributed by atoms with E-state index in [1.54, 1.807) is 20.8 Å². The van der Waals surface area contributed by atoms with Gasteiger partial charge in [-0.2, -0.15) is 0 Å². The van der Waals surface area contributed by atoms with Gasteiger partial charge in [0.2, 0.25) is 6.36 Å². The van der Waals surface area contributed by atoms with Crippen LogP contribution in [0.3, 0.4) is 0 Å². The van der Waals surface area contributed by atoms with Gasteiger partial charge in [0.1, 0.15) is 25.6 Å². The van der Waals surface area contributed by atoms with E-state index >= 15 is 0 Å². The van der Waals surface area contributed by atoms with Gasteiger partial charge in [0.15, 0.2) is 23.3 Å². The molecule has 160 valence electrons. The molecule has 3 heterocycles. The Morgan fingerprint density at radius 2 is 1.56 bits per heavy atom. The molecule has 10 heteroatoms. The maximum atomic E-state index is 13.6. The number of hydrogen-bond acceptors (Lipinski definition) is 7. The number of halogens is 3. The average Bonchev–Trinajstić information content (AvgIpc) is 3.15. The Labute approximate surface area is 156 Å². The quantitative estimate of drug-likeness (QED) is 0.648. The number of ether oxygens (including phenoxy) is 4. The highest BCUT2D eigenvalue weighted by Gasteiger charge is 2.66. The fraction of sp³-hybridized carbons (Fsp3) is 1.00. The molecule has 3 saturated heterocycles. The first-order chi connectivity index (χ1) is 12.5. The molecule has 27 heavy (non-hydrogen) atoms. The van der Waals surface area contributed by atoms with Crippen molar-refractivity contribution in [3.63, 3.8) is 0 Å². The molecular weight excluding hydrogens is 373 g/mol. The summed E-state index contributed by atoms with van der Waals surface area (Å²) >= 11 is 0. The second-order valence-electron chi connectivity index (χ2n) is 7.53. The van der Waals surface area contributed by atoms with Crippen molar-refractivity contribution in [2.45, 2.75) is 94.6 Å². The lowest BCUT2D eigenvalue weighted by atomic mass is 9.96. The largest absolute Gasteiger partial charge is 0.387 e. The zero-order chi connectivity index (χ0) is 20.6. The van der Waals surface area contributed by atoms with E-state index in [9.17, 15) is 23.4 Å². The van der Waals surface area contributed by atoms with Gasteiger partial charge in [-0.25, -0.2) is 13.2 Å². The minimum absolute atomic E-state index is 0.417. The molecule has 0 aromatic heterocycles. The van der Waals surface area contributed by atoms with Gasteiger partial charge < -0.3 is 34.3 Å². The molecule has 3 N–H and O–H groups in total. The van der Waals surface area contributed by atoms with Crippen LogP contribution in [0.2, 0.25) is 0 Å². The van der Waals surface area contributed by atoms with Crippen LogP contribution >= 0.6 is 0 Å². The smallest absolute Gasteiger partial charge is 0.234 e. The summed E-state index contributed by atoms with van der Waals surface area (Å²) in [5.41, 5.74) is -3.72. The molecule has 0 bridgehead atoms. The van der Waals surface area contributed by atoms with Crippen molar-refractivity contribution in [2.24, 2.45) is 0 Å². The lowest BCUT2D eigenvalue weighted by Gasteiger charge is -2.25. The van der Waals surface area contributed by atoms with E-state index in [1.807, 2.05) is 6.92 Å². The number of aliphatic hydroxyl groups is 3. The monoisotopic (exact) mass is 402 g/mol. The standard InChI is InChI=1S/C10H16F2O3.C7H13FO4/c1-4-6-7-10(5-11,8(12)13-6)15-9(2,3)14-7;1-2-4-5(9)7(11,3-8)6(10)12-4/h6-8H,4-5H2,1-3H3;4-6,9-11H,2-3H2,1H3/t6-,7?,8?,10-;4-,5?,6?,7-/m11/s1. The highest BCUT2D eigenvalue weighted by atomic mass is 19.2. The van der Waals surface area contributed by atoms with Crippen molar-refractivity contribution < 1.29 is 47.4 Å². The molecule has 0 radical (unpaired) electrons. The number of alkyl halides is 3. The number of rotatable bonds is 4. The summed E-state index contributed by atoms with van der Waals surface area (Å²) in [4.78, 5) is 0. The van der Waals surface area contributed by atoms with E-state index < -0.39 is 67.4 Å². The van der Waals surface area contributed by atoms with Crippen molar-refractivity contribution >= 4 is 0 Å². The third-order valence-electron chi connectivity index (χ3n) is 5.17. The third-order valence-corrected chi connectivity index (χ3v) is 5.17. The summed E-state index contributed by atoms with van der Waals surface area (Å²) in [7, 11) is 0. The molecule has 0 amide bonds. The molecule has 7 nitrogen and oxygen atoms in total. The van der Waals surface area contributed by atoms with Gasteiger partial charge in [-0.05, 0) is 26.7 Å². The molecule has 4 unspecified atom stereocenters. The summed E-state index contributed by atoms with van der Waals surface area (Å²) in [5.74, 6) is -0.946. The lowest BCUT2D eigenvalue weighted by Crippen LogP contribution is -2.50. The zero-order valence-electron chi connectivity index (χ0n) is 15.9. The first kappa shape index (κ1) is 22.8. The van der Waals surface area contributed by atoms with E-state index in [0.29, 0.717) is 12.8 Å². The molecular formula is C17H29F3O7. The third kappa shape index (κ3) is 3.85. The minimum Gasteiger partial charge on any atom is -0.387 e. The van der Waals surface area contributed by atoms with Gasteiger partial charge in [0.25, 0.3) is 0 Å². The van der Waals surface area contributed by atoms with Crippen molar-refractivity contribution in [1.82, 2.24) is 0 Å². The maximum absolute atomic E-state index is 13.6. The number of aliphatic hydroxyl groups excluding tert-OH is 2. The van der Waals surface area contributed by atoms with Crippen LogP contribution in [0, 0.1) is 0 Å². The normalized spacial score (nSPS) is 48.2. The van der Waals surface area contributed by atoms with Crippen molar-refractivity contribution in [2.75, 3.05) is 13.3 Å². The Bertz CT molecular complexity index is 511. The second-order valence-corrected chi connectivity index (χ2v) is 7.53. The van der Waals surface area contributed by atoms with Crippen LogP contribution in [0.1, 0.15) is 40.5 Å². The van der Waals surface area contributed by atoms with Gasteiger partial charge in [-0.1, -0.05) is 13.8 Å². The van der Waals surface area contributed by atoms with Crippen LogP contribution in [0.4, 0.5) is 13.2 Å². The Kier molecular flexibility index (Phi) is 6.83. The number of fused-ring (bicyclic) bond motifs is 1. The molecule has 3 rings (SSSR count). The molecule has 0 spiro atoms. The van der Waals surface area contributed by atoms with E-state index in [2.05, 4.69) is 0 Å². The summed E-state index contributed by atoms with van der Waals surface area (Å²) in [6.45, 7) is 4.72. The Balaban J connectivity index is 0.000000199. The molecule has 0 aromatic carbocycles. The SMILES string of the molecule is CC[C@H]1OC(F)[C@]2(CF)OC(C)(C)OC12.CC[C@H]1OC(O)[C@@](O)(CF)C1O. The molecule has 0 aliphatic carbocycles. The predicted octanol–water partition coefficient (Wildman–Crippen LogP) is 1.13. The Hall–Kier alpha value is -0.490. The summed E-state index contributed by atoms with van der Waals surface area (Å²) in [6, 6.07) is 0. The van der Waals surface area contributed by atoms with Gasteiger partial charge in [-0.15, -0.1) is 0 Å². The maximum Gasteiger partial charge on any atom is 0.234 e. The van der Waals surface area contributed by atoms with Crippen molar-refractivity contribution in [3.05, 3.63) is 0 Å². The molecule has 0 saturated carbocycles. The van der Waals surface area contributed by atoms with Crippen LogP contribution in [-0.2, 0) is 18.9 Å². The first-order valence-electron chi connectivity index (χ1n) is 9.04. The van der Waals surface area contributed by atoms with Crippen molar-refractivity contribution in [1.29, 1.82) is 0 Å². The minimum atomic E-state index is -2.15. The average molecular weight is 402 g/mol. The van der Waals surface area contributed by atoms with E-state index in [0.717, 1.165) is 0 Å². The molecule has 8 atom stereocenters. The molecule has 3 fully saturated rings. The van der Waals surface area contributed by atoms with Gasteiger partial charge in [-0.3, -0.25) is 0 Å². The van der Waals surface area contributed by atoms with Gasteiger partial charge in [0, 0.05) is 0 Å². The highest BCUT2D eigenvalue weighted by Crippen LogP contribution is 2.48. The van der Waals surface area contributed by atoms with Crippen LogP contribution in [0.25, 0.3) is 0 Å². The molecule has 3 aliphatic rings. The number of hydrogen-bond donors (Lipinski definition) is 3. The molecule has 3 aliphatic heterocycles. The second kappa shape index (κ2) is 8.10. The lowest BCUT2D eigenvalue weighted by molar-refractivity contribution is -0.230. The predicted molar refractivity (Wildman–Crippen MR) is 86.9 cm³/mol. The van der Waals surface area contributed by atoms with E-state index in [4.69, 9.17) is 24.1 Å². The van der Waals surface area contributed by atoms with Gasteiger partial charge >= 0.3 is 0 Å². The Morgan fingerprint density at radius 3 is 1.96 bits per heavy atom. The fourth-order valence-electron chi connectivity index (χ4n) is 3.62. The van der Waals surface area contributed by atoms with Crippen LogP contribution in [0.15, 0.2) is 0 Å². The van der Waals surface area contributed by atoms with E-state index in [-0.39, 0.29) is 0 Å². The van der Waals surface area contributed by atoms with E-state index in [1.165, 1.54) is 0 Å².